The van der Waals surface area contributed by atoms with E-state index < -0.39 is 11.5 Å². The fraction of sp³-hybridized carbons (Fsp3) is 0.588. The second kappa shape index (κ2) is 6.40. The molecule has 110 valence electrons. The molecule has 0 saturated heterocycles. The Morgan fingerprint density at radius 3 is 2.25 bits per heavy atom. The zero-order valence-electron chi connectivity index (χ0n) is 12.5. The summed E-state index contributed by atoms with van der Waals surface area (Å²) in [5.41, 5.74) is 0.0647. The van der Waals surface area contributed by atoms with Crippen molar-refractivity contribution in [1.29, 1.82) is 0 Å². The molecule has 1 amide bonds. The van der Waals surface area contributed by atoms with E-state index in [1.807, 2.05) is 49.1 Å². The van der Waals surface area contributed by atoms with E-state index in [9.17, 15) is 9.90 Å². The molecule has 1 aliphatic carbocycles. The van der Waals surface area contributed by atoms with E-state index in [0.29, 0.717) is 13.1 Å². The van der Waals surface area contributed by atoms with Crippen molar-refractivity contribution >= 4 is 5.91 Å². The first-order chi connectivity index (χ1) is 9.62. The molecule has 3 heteroatoms. The van der Waals surface area contributed by atoms with Gasteiger partial charge in [-0.15, -0.1) is 0 Å². The lowest BCUT2D eigenvalue weighted by Crippen LogP contribution is -2.45. The fourth-order valence-electron chi connectivity index (χ4n) is 3.32. The van der Waals surface area contributed by atoms with E-state index in [4.69, 9.17) is 0 Å². The van der Waals surface area contributed by atoms with Crippen LogP contribution >= 0.6 is 0 Å². The highest BCUT2D eigenvalue weighted by molar-refractivity contribution is 5.85. The van der Waals surface area contributed by atoms with Crippen LogP contribution in [0.3, 0.4) is 0 Å². The van der Waals surface area contributed by atoms with Crippen LogP contribution in [0.25, 0.3) is 0 Å². The number of benzene rings is 1. The van der Waals surface area contributed by atoms with Crippen LogP contribution in [0.1, 0.15) is 51.0 Å². The van der Waals surface area contributed by atoms with Gasteiger partial charge in [-0.25, -0.2) is 0 Å². The minimum atomic E-state index is -0.874. The van der Waals surface area contributed by atoms with Gasteiger partial charge in [-0.2, -0.15) is 0 Å². The van der Waals surface area contributed by atoms with Gasteiger partial charge in [0.1, 0.15) is 0 Å². The Hall–Kier alpha value is -1.35. The highest BCUT2D eigenvalue weighted by Crippen LogP contribution is 2.42. The van der Waals surface area contributed by atoms with Crippen molar-refractivity contribution in [3.05, 3.63) is 35.9 Å². The van der Waals surface area contributed by atoms with E-state index >= 15 is 0 Å². The number of carbonyl (C=O) groups excluding carboxylic acids is 1. The van der Waals surface area contributed by atoms with Crippen molar-refractivity contribution in [2.24, 2.45) is 0 Å². The summed E-state index contributed by atoms with van der Waals surface area (Å²) in [4.78, 5) is 14.7. The fourth-order valence-corrected chi connectivity index (χ4v) is 3.32. The summed E-state index contributed by atoms with van der Waals surface area (Å²) in [6.07, 6.45) is 3.45. The summed E-state index contributed by atoms with van der Waals surface area (Å²) >= 11 is 0. The SMILES string of the molecule is CCN(CC)C(=O)[C@@H](c1ccccc1)C1(O)CCCC1. The predicted molar refractivity (Wildman–Crippen MR) is 80.5 cm³/mol. The van der Waals surface area contributed by atoms with Gasteiger partial charge < -0.3 is 10.0 Å². The minimum absolute atomic E-state index is 0.0607. The quantitative estimate of drug-likeness (QED) is 0.897. The topological polar surface area (TPSA) is 40.5 Å². The molecule has 0 aromatic heterocycles. The Labute approximate surface area is 121 Å². The second-order valence-electron chi connectivity index (χ2n) is 5.66. The summed E-state index contributed by atoms with van der Waals surface area (Å²) in [6, 6.07) is 9.75. The van der Waals surface area contributed by atoms with Crippen LogP contribution in [0.2, 0.25) is 0 Å². The van der Waals surface area contributed by atoms with E-state index in [0.717, 1.165) is 31.2 Å². The average molecular weight is 275 g/mol. The predicted octanol–water partition coefficient (Wildman–Crippen LogP) is 2.94. The molecule has 1 saturated carbocycles. The maximum atomic E-state index is 12.9. The maximum Gasteiger partial charge on any atom is 0.233 e. The molecule has 1 aromatic carbocycles. The minimum Gasteiger partial charge on any atom is -0.389 e. The highest BCUT2D eigenvalue weighted by atomic mass is 16.3. The van der Waals surface area contributed by atoms with Crippen molar-refractivity contribution in [3.8, 4) is 0 Å². The molecule has 1 fully saturated rings. The number of hydrogen-bond acceptors (Lipinski definition) is 2. The number of carbonyl (C=O) groups is 1. The van der Waals surface area contributed by atoms with Crippen LogP contribution in [0, 0.1) is 0 Å². The van der Waals surface area contributed by atoms with Crippen molar-refractivity contribution in [2.45, 2.75) is 51.0 Å². The normalized spacial score (nSPS) is 18.8. The number of amides is 1. The molecule has 0 heterocycles. The van der Waals surface area contributed by atoms with Gasteiger partial charge in [0, 0.05) is 13.1 Å². The molecule has 1 aliphatic rings. The van der Waals surface area contributed by atoms with E-state index in [1.165, 1.54) is 0 Å². The third-order valence-corrected chi connectivity index (χ3v) is 4.46. The van der Waals surface area contributed by atoms with Gasteiger partial charge in [0.15, 0.2) is 0 Å². The second-order valence-corrected chi connectivity index (χ2v) is 5.66. The summed E-state index contributed by atoms with van der Waals surface area (Å²) in [5.74, 6) is -0.364. The standard InChI is InChI=1S/C17H25NO2/c1-3-18(4-2)16(19)15(14-10-6-5-7-11-14)17(20)12-8-9-13-17/h5-7,10-11,15,20H,3-4,8-9,12-13H2,1-2H3/t15-/m1/s1. The first-order valence-corrected chi connectivity index (χ1v) is 7.68. The molecule has 20 heavy (non-hydrogen) atoms. The third kappa shape index (κ3) is 2.88. The van der Waals surface area contributed by atoms with Crippen molar-refractivity contribution in [2.75, 3.05) is 13.1 Å². The van der Waals surface area contributed by atoms with Gasteiger partial charge in [0.05, 0.1) is 11.5 Å². The van der Waals surface area contributed by atoms with E-state index in [1.54, 1.807) is 0 Å². The van der Waals surface area contributed by atoms with Crippen LogP contribution in [0.5, 0.6) is 0 Å². The van der Waals surface area contributed by atoms with Crippen LogP contribution in [0.4, 0.5) is 0 Å². The van der Waals surface area contributed by atoms with Gasteiger partial charge in [-0.05, 0) is 32.3 Å². The average Bonchev–Trinajstić information content (AvgIpc) is 2.89. The lowest BCUT2D eigenvalue weighted by atomic mass is 9.79. The Bertz CT molecular complexity index is 434. The van der Waals surface area contributed by atoms with Crippen LogP contribution < -0.4 is 0 Å². The molecule has 0 unspecified atom stereocenters. The van der Waals surface area contributed by atoms with Gasteiger partial charge in [-0.3, -0.25) is 4.79 Å². The number of nitrogens with zero attached hydrogens (tertiary/aromatic N) is 1. The third-order valence-electron chi connectivity index (χ3n) is 4.46. The Kier molecular flexibility index (Phi) is 4.81. The summed E-state index contributed by atoms with van der Waals surface area (Å²) in [7, 11) is 0. The summed E-state index contributed by atoms with van der Waals surface area (Å²) in [6.45, 7) is 5.35. The number of aliphatic hydroxyl groups is 1. The van der Waals surface area contributed by atoms with Crippen LogP contribution in [-0.4, -0.2) is 34.6 Å². The molecule has 1 N–H and O–H groups in total. The van der Waals surface area contributed by atoms with E-state index in [-0.39, 0.29) is 5.91 Å². The molecule has 1 aromatic rings. The number of likely N-dealkylation sites (N-methyl/N-ethyl adjacent to an activating group) is 1. The zero-order chi connectivity index (χ0) is 14.6. The van der Waals surface area contributed by atoms with Crippen molar-refractivity contribution in [1.82, 2.24) is 4.90 Å². The van der Waals surface area contributed by atoms with Gasteiger partial charge in [0.2, 0.25) is 5.91 Å². The highest BCUT2D eigenvalue weighted by Gasteiger charge is 2.45. The molecule has 0 bridgehead atoms. The Morgan fingerprint density at radius 1 is 1.20 bits per heavy atom. The largest absolute Gasteiger partial charge is 0.389 e. The van der Waals surface area contributed by atoms with Crippen LogP contribution in [-0.2, 0) is 4.79 Å². The molecule has 3 nitrogen and oxygen atoms in total. The van der Waals surface area contributed by atoms with Gasteiger partial charge in [0.25, 0.3) is 0 Å². The summed E-state index contributed by atoms with van der Waals surface area (Å²) in [5, 5.41) is 11.0. The zero-order valence-corrected chi connectivity index (χ0v) is 12.5. The Morgan fingerprint density at radius 2 is 1.75 bits per heavy atom. The number of hydrogen-bond donors (Lipinski definition) is 1. The van der Waals surface area contributed by atoms with Gasteiger partial charge in [-0.1, -0.05) is 43.2 Å². The molecule has 0 aliphatic heterocycles. The molecule has 1 atom stereocenters. The molecular formula is C17H25NO2. The first-order valence-electron chi connectivity index (χ1n) is 7.68. The smallest absolute Gasteiger partial charge is 0.233 e. The lowest BCUT2D eigenvalue weighted by molar-refractivity contribution is -0.139. The number of rotatable bonds is 5. The molecular weight excluding hydrogens is 250 g/mol. The molecule has 0 spiro atoms. The van der Waals surface area contributed by atoms with Crippen molar-refractivity contribution in [3.63, 3.8) is 0 Å². The maximum absolute atomic E-state index is 12.9. The Balaban J connectivity index is 2.37. The van der Waals surface area contributed by atoms with Crippen LogP contribution in [0.15, 0.2) is 30.3 Å². The molecule has 0 radical (unpaired) electrons. The van der Waals surface area contributed by atoms with Gasteiger partial charge >= 0.3 is 0 Å². The van der Waals surface area contributed by atoms with Crippen molar-refractivity contribution < 1.29 is 9.90 Å². The lowest BCUT2D eigenvalue weighted by Gasteiger charge is -2.35. The monoisotopic (exact) mass is 275 g/mol. The summed E-state index contributed by atoms with van der Waals surface area (Å²) < 4.78 is 0. The first kappa shape index (κ1) is 15.0. The van der Waals surface area contributed by atoms with E-state index in [2.05, 4.69) is 0 Å². The molecule has 2 rings (SSSR count).